The molecule has 0 saturated carbocycles. The fourth-order valence-electron chi connectivity index (χ4n) is 7.21. The molecule has 1 amide bonds. The number of aliphatic hydroxyl groups excluding tert-OH is 5. The van der Waals surface area contributed by atoms with Crippen LogP contribution in [0.5, 0.6) is 0 Å². The molecule has 1 rings (SSSR count). The summed E-state index contributed by atoms with van der Waals surface area (Å²) in [7, 11) is 0. The van der Waals surface area contributed by atoms with Crippen molar-refractivity contribution >= 4 is 5.91 Å². The second kappa shape index (κ2) is 35.4. The van der Waals surface area contributed by atoms with Crippen molar-refractivity contribution in [2.75, 3.05) is 13.2 Å². The van der Waals surface area contributed by atoms with Gasteiger partial charge in [0.1, 0.15) is 24.4 Å². The van der Waals surface area contributed by atoms with Crippen LogP contribution in [0.15, 0.2) is 12.2 Å². The molecule has 0 aromatic heterocycles. The minimum Gasteiger partial charge on any atom is -0.394 e. The lowest BCUT2D eigenvalue weighted by Crippen LogP contribution is -2.60. The highest BCUT2D eigenvalue weighted by atomic mass is 16.7. The van der Waals surface area contributed by atoms with Crippen LogP contribution in [-0.2, 0) is 14.3 Å². The lowest BCUT2D eigenvalue weighted by Gasteiger charge is -2.40. The number of aliphatic hydroxyl groups is 5. The average molecular weight is 756 g/mol. The third-order valence-corrected chi connectivity index (χ3v) is 10.9. The minimum absolute atomic E-state index is 0.183. The summed E-state index contributed by atoms with van der Waals surface area (Å²) >= 11 is 0. The molecule has 0 aromatic carbocycles. The van der Waals surface area contributed by atoms with Crippen molar-refractivity contribution in [3.8, 4) is 0 Å². The summed E-state index contributed by atoms with van der Waals surface area (Å²) < 4.78 is 11.2. The van der Waals surface area contributed by atoms with Crippen LogP contribution in [0.2, 0.25) is 0 Å². The molecule has 9 nitrogen and oxygen atoms in total. The molecule has 53 heavy (non-hydrogen) atoms. The van der Waals surface area contributed by atoms with Crippen molar-refractivity contribution in [2.24, 2.45) is 0 Å². The number of carbonyl (C=O) groups excluding carboxylic acids is 1. The number of amides is 1. The van der Waals surface area contributed by atoms with Gasteiger partial charge in [0.2, 0.25) is 5.91 Å². The van der Waals surface area contributed by atoms with Crippen molar-refractivity contribution in [3.05, 3.63) is 12.2 Å². The van der Waals surface area contributed by atoms with Crippen LogP contribution in [0.3, 0.4) is 0 Å². The summed E-state index contributed by atoms with van der Waals surface area (Å²) in [6.45, 7) is 3.73. The third kappa shape index (κ3) is 26.4. The first kappa shape index (κ1) is 49.9. The molecule has 9 heteroatoms. The Labute approximate surface area is 325 Å². The topological polar surface area (TPSA) is 149 Å². The molecule has 0 aromatic rings. The average Bonchev–Trinajstić information content (AvgIpc) is 3.16. The van der Waals surface area contributed by atoms with E-state index in [0.29, 0.717) is 6.42 Å². The molecule has 1 saturated heterocycles. The molecular formula is C44H85NO8. The van der Waals surface area contributed by atoms with E-state index in [9.17, 15) is 30.3 Å². The van der Waals surface area contributed by atoms with E-state index in [4.69, 9.17) is 9.47 Å². The SMILES string of the molecule is CCCCCCCCCCCCCCCCCCCCCCC/C=C/C(O)C(COC1OC(CO)C(O)C(O)C1O)NC(=O)CCCCCCCCC. The second-order valence-corrected chi connectivity index (χ2v) is 15.9. The number of unbranched alkanes of at least 4 members (excludes halogenated alkanes) is 27. The highest BCUT2D eigenvalue weighted by Crippen LogP contribution is 2.23. The van der Waals surface area contributed by atoms with Crippen LogP contribution in [0.1, 0.15) is 206 Å². The quantitative estimate of drug-likeness (QED) is 0.0272. The Morgan fingerprint density at radius 3 is 1.47 bits per heavy atom. The smallest absolute Gasteiger partial charge is 0.220 e. The Bertz CT molecular complexity index is 842. The zero-order chi connectivity index (χ0) is 38.8. The van der Waals surface area contributed by atoms with Crippen molar-refractivity contribution in [1.82, 2.24) is 5.32 Å². The number of carbonyl (C=O) groups is 1. The molecule has 0 aliphatic carbocycles. The number of nitrogens with one attached hydrogen (secondary N) is 1. The summed E-state index contributed by atoms with van der Waals surface area (Å²) in [4.78, 5) is 12.8. The Balaban J connectivity index is 2.24. The van der Waals surface area contributed by atoms with E-state index in [2.05, 4.69) is 19.2 Å². The molecule has 6 N–H and O–H groups in total. The van der Waals surface area contributed by atoms with Gasteiger partial charge in [-0.15, -0.1) is 0 Å². The Kier molecular flexibility index (Phi) is 33.3. The molecule has 1 aliphatic heterocycles. The monoisotopic (exact) mass is 756 g/mol. The van der Waals surface area contributed by atoms with Crippen LogP contribution in [0.4, 0.5) is 0 Å². The predicted molar refractivity (Wildman–Crippen MR) is 217 cm³/mol. The summed E-state index contributed by atoms with van der Waals surface area (Å²) in [6, 6.07) is -0.796. The fourth-order valence-corrected chi connectivity index (χ4v) is 7.21. The summed E-state index contributed by atoms with van der Waals surface area (Å²) in [5.74, 6) is -0.183. The maximum atomic E-state index is 12.8. The van der Waals surface area contributed by atoms with Gasteiger partial charge in [0.05, 0.1) is 25.4 Å². The lowest BCUT2D eigenvalue weighted by molar-refractivity contribution is -0.302. The Morgan fingerprint density at radius 2 is 1.04 bits per heavy atom. The highest BCUT2D eigenvalue weighted by molar-refractivity contribution is 5.76. The molecule has 1 heterocycles. The Hall–Kier alpha value is -1.07. The van der Waals surface area contributed by atoms with Gasteiger partial charge in [-0.1, -0.05) is 193 Å². The van der Waals surface area contributed by atoms with E-state index in [1.165, 1.54) is 148 Å². The summed E-state index contributed by atoms with van der Waals surface area (Å²) in [5, 5.41) is 53.9. The summed E-state index contributed by atoms with van der Waals surface area (Å²) in [5.41, 5.74) is 0. The zero-order valence-corrected chi connectivity index (χ0v) is 34.3. The lowest BCUT2D eigenvalue weighted by atomic mass is 9.99. The number of rotatable bonds is 37. The minimum atomic E-state index is -1.56. The fraction of sp³-hybridized carbons (Fsp3) is 0.932. The molecule has 314 valence electrons. The van der Waals surface area contributed by atoms with Crippen molar-refractivity contribution in [3.63, 3.8) is 0 Å². The van der Waals surface area contributed by atoms with Gasteiger partial charge in [0, 0.05) is 6.42 Å². The first-order valence-corrected chi connectivity index (χ1v) is 22.4. The highest BCUT2D eigenvalue weighted by Gasteiger charge is 2.44. The molecule has 7 unspecified atom stereocenters. The van der Waals surface area contributed by atoms with Crippen molar-refractivity contribution in [2.45, 2.75) is 249 Å². The standard InChI is InChI=1S/C44H85NO8/c1-3-5-7-9-11-12-13-14-15-16-17-18-19-20-21-22-23-24-25-26-28-29-31-33-38(47)37(45-40(48)34-32-30-27-10-8-6-4-2)36-52-44-43(51)42(50)41(49)39(35-46)53-44/h31,33,37-39,41-44,46-47,49-51H,3-30,32,34-36H2,1-2H3,(H,45,48)/b33-31+. The van der Waals surface area contributed by atoms with Gasteiger partial charge in [0.25, 0.3) is 0 Å². The van der Waals surface area contributed by atoms with Crippen LogP contribution in [0, 0.1) is 0 Å². The van der Waals surface area contributed by atoms with Gasteiger partial charge in [-0.05, 0) is 19.3 Å². The molecule has 0 radical (unpaired) electrons. The van der Waals surface area contributed by atoms with E-state index < -0.39 is 49.5 Å². The van der Waals surface area contributed by atoms with E-state index in [1.807, 2.05) is 6.08 Å². The van der Waals surface area contributed by atoms with Gasteiger partial charge in [0.15, 0.2) is 6.29 Å². The zero-order valence-electron chi connectivity index (χ0n) is 34.3. The van der Waals surface area contributed by atoms with Crippen LogP contribution in [-0.4, -0.2) is 87.5 Å². The maximum Gasteiger partial charge on any atom is 0.220 e. The van der Waals surface area contributed by atoms with Gasteiger partial charge in [-0.3, -0.25) is 4.79 Å². The predicted octanol–water partition coefficient (Wildman–Crippen LogP) is 8.95. The van der Waals surface area contributed by atoms with Crippen LogP contribution < -0.4 is 5.32 Å². The van der Waals surface area contributed by atoms with Gasteiger partial charge >= 0.3 is 0 Å². The van der Waals surface area contributed by atoms with E-state index in [0.717, 1.165) is 38.5 Å². The summed E-state index contributed by atoms with van der Waals surface area (Å²) in [6.07, 6.45) is 32.9. The molecule has 0 spiro atoms. The van der Waals surface area contributed by atoms with Crippen LogP contribution in [0.25, 0.3) is 0 Å². The maximum absolute atomic E-state index is 12.8. The van der Waals surface area contributed by atoms with E-state index in [1.54, 1.807) is 6.08 Å². The molecule has 0 bridgehead atoms. The first-order chi connectivity index (χ1) is 25.8. The molecular weight excluding hydrogens is 670 g/mol. The molecule has 7 atom stereocenters. The number of hydrogen-bond donors (Lipinski definition) is 6. The largest absolute Gasteiger partial charge is 0.394 e. The normalized spacial score (nSPS) is 21.7. The molecule has 1 fully saturated rings. The van der Waals surface area contributed by atoms with Gasteiger partial charge in [-0.2, -0.15) is 0 Å². The Morgan fingerprint density at radius 1 is 0.623 bits per heavy atom. The van der Waals surface area contributed by atoms with Crippen molar-refractivity contribution in [1.29, 1.82) is 0 Å². The third-order valence-electron chi connectivity index (χ3n) is 10.9. The van der Waals surface area contributed by atoms with Crippen molar-refractivity contribution < 1.29 is 39.8 Å². The number of allylic oxidation sites excluding steroid dienone is 1. The van der Waals surface area contributed by atoms with Crippen LogP contribution >= 0.6 is 0 Å². The van der Waals surface area contributed by atoms with Gasteiger partial charge < -0.3 is 40.3 Å². The second-order valence-electron chi connectivity index (χ2n) is 15.9. The number of ether oxygens (including phenoxy) is 2. The first-order valence-electron chi connectivity index (χ1n) is 22.4. The molecule has 1 aliphatic rings. The van der Waals surface area contributed by atoms with Gasteiger partial charge in [-0.25, -0.2) is 0 Å². The van der Waals surface area contributed by atoms with E-state index >= 15 is 0 Å². The number of hydrogen-bond acceptors (Lipinski definition) is 8. The van der Waals surface area contributed by atoms with E-state index in [-0.39, 0.29) is 12.5 Å².